The van der Waals surface area contributed by atoms with Crippen LogP contribution in [-0.4, -0.2) is 29.6 Å². The summed E-state index contributed by atoms with van der Waals surface area (Å²) in [5.41, 5.74) is 0.664. The van der Waals surface area contributed by atoms with Crippen LogP contribution in [0.15, 0.2) is 24.5 Å². The summed E-state index contributed by atoms with van der Waals surface area (Å²) in [4.78, 5) is 16.3. The van der Waals surface area contributed by atoms with Gasteiger partial charge in [-0.2, -0.15) is 0 Å². The van der Waals surface area contributed by atoms with Crippen LogP contribution in [-0.2, 0) is 9.53 Å². The Balaban J connectivity index is 2.11. The molecule has 2 heterocycles. The van der Waals surface area contributed by atoms with Crippen LogP contribution in [0.1, 0.15) is 32.3 Å². The van der Waals surface area contributed by atoms with Gasteiger partial charge in [-0.05, 0) is 32.4 Å². The van der Waals surface area contributed by atoms with Crippen molar-refractivity contribution in [2.24, 2.45) is 5.92 Å². The van der Waals surface area contributed by atoms with Crippen molar-refractivity contribution in [3.05, 3.63) is 30.1 Å². The lowest BCUT2D eigenvalue weighted by atomic mass is 9.90. The molecule has 0 radical (unpaired) electrons. The van der Waals surface area contributed by atoms with Crippen molar-refractivity contribution in [2.45, 2.75) is 32.3 Å². The minimum absolute atomic E-state index is 0.117. The van der Waals surface area contributed by atoms with E-state index in [9.17, 15) is 4.79 Å². The molecule has 1 N–H and O–H groups in total. The first kappa shape index (κ1) is 13.0. The number of hydrogen-bond donors (Lipinski definition) is 1. The summed E-state index contributed by atoms with van der Waals surface area (Å²) < 4.78 is 5.47. The topological polar surface area (TPSA) is 51.2 Å². The van der Waals surface area contributed by atoms with E-state index in [1.165, 1.54) is 0 Å². The van der Waals surface area contributed by atoms with Crippen molar-refractivity contribution in [1.82, 2.24) is 10.3 Å². The molecule has 0 amide bonds. The van der Waals surface area contributed by atoms with Crippen LogP contribution in [0.5, 0.6) is 0 Å². The first-order chi connectivity index (χ1) is 8.47. The first-order valence-electron chi connectivity index (χ1n) is 6.31. The zero-order valence-corrected chi connectivity index (χ0v) is 11.1. The van der Waals surface area contributed by atoms with Gasteiger partial charge in [0, 0.05) is 31.4 Å². The Kier molecular flexibility index (Phi) is 3.66. The number of pyridine rings is 1. The normalized spacial score (nSPS) is 23.9. The lowest BCUT2D eigenvalue weighted by Crippen LogP contribution is -2.31. The molecule has 1 aliphatic heterocycles. The summed E-state index contributed by atoms with van der Waals surface area (Å²) in [6.07, 6.45) is 3.57. The predicted octanol–water partition coefficient (Wildman–Crippen LogP) is 1.73. The van der Waals surface area contributed by atoms with Gasteiger partial charge in [0.05, 0.1) is 5.92 Å². The molecule has 0 aromatic carbocycles. The fourth-order valence-corrected chi connectivity index (χ4v) is 2.25. The number of carbonyl (C=O) groups excluding carboxylic acids is 1. The quantitative estimate of drug-likeness (QED) is 0.810. The number of aromatic nitrogens is 1. The third-order valence-corrected chi connectivity index (χ3v) is 3.04. The Labute approximate surface area is 108 Å². The van der Waals surface area contributed by atoms with Gasteiger partial charge in [-0.1, -0.05) is 6.07 Å². The van der Waals surface area contributed by atoms with E-state index in [1.807, 2.05) is 39.1 Å². The molecule has 1 aliphatic rings. The zero-order chi connectivity index (χ0) is 13.2. The van der Waals surface area contributed by atoms with Gasteiger partial charge < -0.3 is 10.1 Å². The monoisotopic (exact) mass is 248 g/mol. The van der Waals surface area contributed by atoms with Crippen LogP contribution in [0.25, 0.3) is 0 Å². The van der Waals surface area contributed by atoms with Gasteiger partial charge in [0.15, 0.2) is 0 Å². The van der Waals surface area contributed by atoms with E-state index in [1.54, 1.807) is 6.20 Å². The molecule has 0 spiro atoms. The largest absolute Gasteiger partial charge is 0.460 e. The molecule has 1 aromatic rings. The SMILES string of the molecule is CC(C)(C)OC(=O)C1CNCC1c1cccnc1. The maximum Gasteiger partial charge on any atom is 0.311 e. The molecular formula is C14H20N2O2. The lowest BCUT2D eigenvalue weighted by molar-refractivity contribution is -0.159. The summed E-state index contributed by atoms with van der Waals surface area (Å²) in [6, 6.07) is 3.92. The highest BCUT2D eigenvalue weighted by Crippen LogP contribution is 2.29. The maximum absolute atomic E-state index is 12.2. The van der Waals surface area contributed by atoms with E-state index in [2.05, 4.69) is 10.3 Å². The Morgan fingerprint density at radius 1 is 1.44 bits per heavy atom. The smallest absolute Gasteiger partial charge is 0.311 e. The summed E-state index contributed by atoms with van der Waals surface area (Å²) in [6.45, 7) is 7.16. The van der Waals surface area contributed by atoms with Crippen molar-refractivity contribution in [3.8, 4) is 0 Å². The second kappa shape index (κ2) is 5.06. The molecule has 1 fully saturated rings. The van der Waals surface area contributed by atoms with E-state index in [0.29, 0.717) is 6.54 Å². The number of ether oxygens (including phenoxy) is 1. The van der Waals surface area contributed by atoms with Gasteiger partial charge in [0.1, 0.15) is 5.60 Å². The number of carbonyl (C=O) groups is 1. The van der Waals surface area contributed by atoms with Gasteiger partial charge in [-0.3, -0.25) is 9.78 Å². The van der Waals surface area contributed by atoms with Crippen molar-refractivity contribution >= 4 is 5.97 Å². The molecule has 2 unspecified atom stereocenters. The highest BCUT2D eigenvalue weighted by molar-refractivity contribution is 5.75. The lowest BCUT2D eigenvalue weighted by Gasteiger charge is -2.24. The Morgan fingerprint density at radius 3 is 2.83 bits per heavy atom. The average molecular weight is 248 g/mol. The summed E-state index contributed by atoms with van der Waals surface area (Å²) in [5.74, 6) is -0.0803. The Hall–Kier alpha value is -1.42. The molecule has 4 nitrogen and oxygen atoms in total. The standard InChI is InChI=1S/C14H20N2O2/c1-14(2,3)18-13(17)12-9-16-8-11(12)10-5-4-6-15-7-10/h4-7,11-12,16H,8-9H2,1-3H3. The maximum atomic E-state index is 12.2. The van der Waals surface area contributed by atoms with Crippen LogP contribution in [0, 0.1) is 5.92 Å². The van der Waals surface area contributed by atoms with Crippen molar-refractivity contribution in [3.63, 3.8) is 0 Å². The third-order valence-electron chi connectivity index (χ3n) is 3.04. The zero-order valence-electron chi connectivity index (χ0n) is 11.1. The molecule has 18 heavy (non-hydrogen) atoms. The molecule has 0 saturated carbocycles. The number of esters is 1. The highest BCUT2D eigenvalue weighted by Gasteiger charge is 2.36. The van der Waals surface area contributed by atoms with E-state index in [-0.39, 0.29) is 17.8 Å². The van der Waals surface area contributed by atoms with E-state index < -0.39 is 5.60 Å². The van der Waals surface area contributed by atoms with Gasteiger partial charge in [0.25, 0.3) is 0 Å². The van der Waals surface area contributed by atoms with Crippen molar-refractivity contribution in [1.29, 1.82) is 0 Å². The molecule has 1 aromatic heterocycles. The number of nitrogens with one attached hydrogen (secondary N) is 1. The summed E-state index contributed by atoms with van der Waals surface area (Å²) in [7, 11) is 0. The first-order valence-corrected chi connectivity index (χ1v) is 6.31. The van der Waals surface area contributed by atoms with Crippen LogP contribution in [0.2, 0.25) is 0 Å². The van der Waals surface area contributed by atoms with Crippen LogP contribution >= 0.6 is 0 Å². The molecule has 1 saturated heterocycles. The fraction of sp³-hybridized carbons (Fsp3) is 0.571. The van der Waals surface area contributed by atoms with Crippen LogP contribution < -0.4 is 5.32 Å². The molecule has 4 heteroatoms. The predicted molar refractivity (Wildman–Crippen MR) is 69.2 cm³/mol. The molecule has 2 atom stereocenters. The van der Waals surface area contributed by atoms with Gasteiger partial charge >= 0.3 is 5.97 Å². The second-order valence-corrected chi connectivity index (χ2v) is 5.69. The number of nitrogens with zero attached hydrogens (tertiary/aromatic N) is 1. The van der Waals surface area contributed by atoms with Crippen molar-refractivity contribution in [2.75, 3.05) is 13.1 Å². The molecule has 0 aliphatic carbocycles. The Morgan fingerprint density at radius 2 is 2.22 bits per heavy atom. The summed E-state index contributed by atoms with van der Waals surface area (Å²) in [5, 5.41) is 3.26. The van der Waals surface area contributed by atoms with Gasteiger partial charge in [-0.25, -0.2) is 0 Å². The van der Waals surface area contributed by atoms with E-state index in [0.717, 1.165) is 12.1 Å². The van der Waals surface area contributed by atoms with Crippen molar-refractivity contribution < 1.29 is 9.53 Å². The van der Waals surface area contributed by atoms with Crippen LogP contribution in [0.4, 0.5) is 0 Å². The van der Waals surface area contributed by atoms with E-state index >= 15 is 0 Å². The van der Waals surface area contributed by atoms with E-state index in [4.69, 9.17) is 4.74 Å². The average Bonchev–Trinajstić information content (AvgIpc) is 2.76. The molecule has 2 rings (SSSR count). The number of hydrogen-bond acceptors (Lipinski definition) is 4. The third kappa shape index (κ3) is 3.07. The van der Waals surface area contributed by atoms with Crippen LogP contribution in [0.3, 0.4) is 0 Å². The minimum Gasteiger partial charge on any atom is -0.460 e. The second-order valence-electron chi connectivity index (χ2n) is 5.69. The van der Waals surface area contributed by atoms with Gasteiger partial charge in [-0.15, -0.1) is 0 Å². The fourth-order valence-electron chi connectivity index (χ4n) is 2.25. The molecule has 98 valence electrons. The Bertz CT molecular complexity index is 412. The molecule has 0 bridgehead atoms. The minimum atomic E-state index is -0.431. The highest BCUT2D eigenvalue weighted by atomic mass is 16.6. The summed E-state index contributed by atoms with van der Waals surface area (Å²) >= 11 is 0. The molecular weight excluding hydrogens is 228 g/mol. The van der Waals surface area contributed by atoms with Gasteiger partial charge in [0.2, 0.25) is 0 Å². The number of rotatable bonds is 2.